The molecule has 1 aromatic carbocycles. The van der Waals surface area contributed by atoms with Gasteiger partial charge in [-0.05, 0) is 70.2 Å². The van der Waals surface area contributed by atoms with Crippen LogP contribution in [0.4, 0.5) is 0 Å². The van der Waals surface area contributed by atoms with E-state index in [0.29, 0.717) is 12.0 Å². The smallest absolute Gasteiger partial charge is 0.0458 e. The number of halogens is 1. The summed E-state index contributed by atoms with van der Waals surface area (Å²) in [7, 11) is 0. The van der Waals surface area contributed by atoms with Crippen molar-refractivity contribution >= 4 is 27.3 Å². The number of thiophene rings is 1. The van der Waals surface area contributed by atoms with Crippen LogP contribution in [0.15, 0.2) is 40.2 Å². The number of benzene rings is 1. The highest BCUT2D eigenvalue weighted by molar-refractivity contribution is 9.10. The van der Waals surface area contributed by atoms with Crippen molar-refractivity contribution in [3.05, 3.63) is 56.2 Å². The summed E-state index contributed by atoms with van der Waals surface area (Å²) < 4.78 is 1.26. The molecule has 1 nitrogen and oxygen atoms in total. The minimum absolute atomic E-state index is 0.475. The molecule has 0 amide bonds. The summed E-state index contributed by atoms with van der Waals surface area (Å²) in [5, 5.41) is 5.89. The number of nitrogens with one attached hydrogen (secondary N) is 1. The van der Waals surface area contributed by atoms with E-state index in [1.165, 1.54) is 28.6 Å². The van der Waals surface area contributed by atoms with Crippen LogP contribution in [0, 0.1) is 5.92 Å². The second-order valence-electron chi connectivity index (χ2n) is 5.44. The molecule has 0 fully saturated rings. The molecule has 1 heterocycles. The van der Waals surface area contributed by atoms with Crippen molar-refractivity contribution in [2.45, 2.75) is 32.2 Å². The van der Waals surface area contributed by atoms with E-state index in [0.717, 1.165) is 6.54 Å². The maximum absolute atomic E-state index is 3.71. The summed E-state index contributed by atoms with van der Waals surface area (Å²) in [6.45, 7) is 3.22. The quantitative estimate of drug-likeness (QED) is 0.821. The van der Waals surface area contributed by atoms with Gasteiger partial charge in [-0.3, -0.25) is 0 Å². The van der Waals surface area contributed by atoms with Gasteiger partial charge in [-0.1, -0.05) is 31.2 Å². The average Bonchev–Trinajstić information content (AvgIpc) is 2.90. The minimum Gasteiger partial charge on any atom is -0.309 e. The lowest BCUT2D eigenvalue weighted by molar-refractivity contribution is 0.334. The second-order valence-corrected chi connectivity index (χ2v) is 7.24. The number of hydrogen-bond acceptors (Lipinski definition) is 2. The normalized spacial score (nSPS) is 19.6. The molecule has 2 atom stereocenters. The van der Waals surface area contributed by atoms with E-state index in [-0.39, 0.29) is 0 Å². The summed E-state index contributed by atoms with van der Waals surface area (Å²) in [4.78, 5) is 1.45. The molecule has 1 N–H and O–H groups in total. The lowest BCUT2D eigenvalue weighted by atomic mass is 9.79. The Bertz CT molecular complexity index is 578. The third-order valence-electron chi connectivity index (χ3n) is 4.21. The van der Waals surface area contributed by atoms with E-state index in [9.17, 15) is 0 Å². The zero-order valence-corrected chi connectivity index (χ0v) is 14.1. The van der Waals surface area contributed by atoms with Crippen molar-refractivity contribution in [3.63, 3.8) is 0 Å². The molecule has 1 aromatic heterocycles. The van der Waals surface area contributed by atoms with Gasteiger partial charge in [0.2, 0.25) is 0 Å². The maximum atomic E-state index is 3.71. The largest absolute Gasteiger partial charge is 0.309 e. The van der Waals surface area contributed by atoms with E-state index in [2.05, 4.69) is 63.9 Å². The molecule has 0 aliphatic heterocycles. The first-order valence-electron chi connectivity index (χ1n) is 7.32. The number of rotatable bonds is 4. The van der Waals surface area contributed by atoms with Gasteiger partial charge in [0.25, 0.3) is 0 Å². The Labute approximate surface area is 133 Å². The monoisotopic (exact) mass is 349 g/mol. The number of hydrogen-bond donors (Lipinski definition) is 1. The third-order valence-corrected chi connectivity index (χ3v) is 6.16. The van der Waals surface area contributed by atoms with Gasteiger partial charge < -0.3 is 5.32 Å². The van der Waals surface area contributed by atoms with Gasteiger partial charge in [0.05, 0.1) is 0 Å². The van der Waals surface area contributed by atoms with Crippen LogP contribution in [0.1, 0.15) is 35.4 Å². The van der Waals surface area contributed by atoms with Crippen LogP contribution in [-0.2, 0) is 12.8 Å². The first kappa shape index (κ1) is 14.3. The van der Waals surface area contributed by atoms with Crippen molar-refractivity contribution < 1.29 is 0 Å². The molecule has 3 rings (SSSR count). The highest BCUT2D eigenvalue weighted by atomic mass is 79.9. The van der Waals surface area contributed by atoms with Crippen LogP contribution in [0.3, 0.4) is 0 Å². The van der Waals surface area contributed by atoms with Gasteiger partial charge in [0.15, 0.2) is 0 Å². The molecular formula is C17H20BrNS. The highest BCUT2D eigenvalue weighted by Crippen LogP contribution is 2.39. The molecule has 0 spiro atoms. The Balaban J connectivity index is 1.85. The van der Waals surface area contributed by atoms with Crippen molar-refractivity contribution in [2.24, 2.45) is 5.92 Å². The Morgan fingerprint density at radius 2 is 2.10 bits per heavy atom. The van der Waals surface area contributed by atoms with Crippen LogP contribution in [0.2, 0.25) is 0 Å². The van der Waals surface area contributed by atoms with Gasteiger partial charge >= 0.3 is 0 Å². The van der Waals surface area contributed by atoms with Crippen molar-refractivity contribution in [1.29, 1.82) is 0 Å². The molecule has 2 aromatic rings. The zero-order chi connectivity index (χ0) is 13.9. The van der Waals surface area contributed by atoms with E-state index >= 15 is 0 Å². The Morgan fingerprint density at radius 3 is 2.80 bits per heavy atom. The van der Waals surface area contributed by atoms with E-state index in [1.54, 1.807) is 11.1 Å². The van der Waals surface area contributed by atoms with Crippen molar-refractivity contribution in [1.82, 2.24) is 5.32 Å². The lowest BCUT2D eigenvalue weighted by Crippen LogP contribution is -2.31. The molecule has 1 aliphatic rings. The van der Waals surface area contributed by atoms with Crippen LogP contribution >= 0.6 is 27.3 Å². The second kappa shape index (κ2) is 6.42. The Morgan fingerprint density at radius 1 is 1.30 bits per heavy atom. The molecule has 0 radical (unpaired) electrons. The fourth-order valence-electron chi connectivity index (χ4n) is 3.23. The fraction of sp³-hybridized carbons (Fsp3) is 0.412. The Kier molecular flexibility index (Phi) is 4.59. The third kappa shape index (κ3) is 2.85. The summed E-state index contributed by atoms with van der Waals surface area (Å²) in [5.41, 5.74) is 3.09. The van der Waals surface area contributed by atoms with Gasteiger partial charge in [0, 0.05) is 15.4 Å². The zero-order valence-electron chi connectivity index (χ0n) is 11.7. The van der Waals surface area contributed by atoms with Crippen molar-refractivity contribution in [2.75, 3.05) is 6.54 Å². The highest BCUT2D eigenvalue weighted by Gasteiger charge is 2.28. The average molecular weight is 350 g/mol. The fourth-order valence-corrected chi connectivity index (χ4v) is 5.02. The van der Waals surface area contributed by atoms with Crippen LogP contribution < -0.4 is 5.32 Å². The molecule has 0 saturated carbocycles. The number of aryl methyl sites for hydroxylation is 1. The van der Waals surface area contributed by atoms with Gasteiger partial charge in [-0.25, -0.2) is 0 Å². The topological polar surface area (TPSA) is 12.0 Å². The molecule has 1 aliphatic carbocycles. The first-order valence-corrected chi connectivity index (χ1v) is 9.00. The summed E-state index contributed by atoms with van der Waals surface area (Å²) in [5.74, 6) is 0.694. The SMILES string of the molecule is CCNC(c1sccc1Br)C1CCc2ccccc2C1. The van der Waals surface area contributed by atoms with E-state index < -0.39 is 0 Å². The molecule has 20 heavy (non-hydrogen) atoms. The van der Waals surface area contributed by atoms with Gasteiger partial charge in [0.1, 0.15) is 0 Å². The van der Waals surface area contributed by atoms with E-state index in [1.807, 2.05) is 11.3 Å². The van der Waals surface area contributed by atoms with E-state index in [4.69, 9.17) is 0 Å². The summed E-state index contributed by atoms with van der Waals surface area (Å²) in [6, 6.07) is 11.6. The van der Waals surface area contributed by atoms with Gasteiger partial charge in [-0.15, -0.1) is 11.3 Å². The molecular weight excluding hydrogens is 330 g/mol. The molecule has 106 valence electrons. The molecule has 0 bridgehead atoms. The van der Waals surface area contributed by atoms with Crippen LogP contribution in [0.5, 0.6) is 0 Å². The summed E-state index contributed by atoms with van der Waals surface area (Å²) >= 11 is 5.57. The molecule has 0 saturated heterocycles. The minimum atomic E-state index is 0.475. The van der Waals surface area contributed by atoms with Crippen molar-refractivity contribution in [3.8, 4) is 0 Å². The van der Waals surface area contributed by atoms with Crippen LogP contribution in [-0.4, -0.2) is 6.54 Å². The summed E-state index contributed by atoms with van der Waals surface area (Å²) in [6.07, 6.45) is 3.68. The van der Waals surface area contributed by atoms with Crippen LogP contribution in [0.25, 0.3) is 0 Å². The predicted octanol–water partition coefficient (Wildman–Crippen LogP) is 4.97. The van der Waals surface area contributed by atoms with Gasteiger partial charge in [-0.2, -0.15) is 0 Å². The first-order chi connectivity index (χ1) is 9.79. The maximum Gasteiger partial charge on any atom is 0.0458 e. The predicted molar refractivity (Wildman–Crippen MR) is 90.4 cm³/mol. The number of fused-ring (bicyclic) bond motifs is 1. The molecule has 3 heteroatoms. The standard InChI is InChI=1S/C17H20BrNS/c1-2-19-16(17-15(18)9-10-20-17)14-8-7-12-5-3-4-6-13(12)11-14/h3-6,9-10,14,16,19H,2,7-8,11H2,1H3. The lowest BCUT2D eigenvalue weighted by Gasteiger charge is -2.32. The Hall–Kier alpha value is -0.640. The molecule has 2 unspecified atom stereocenters.